The van der Waals surface area contributed by atoms with Crippen molar-refractivity contribution in [2.45, 2.75) is 18.5 Å². The number of hydrogen-bond acceptors (Lipinski definition) is 5. The van der Waals surface area contributed by atoms with E-state index in [1.807, 2.05) is 0 Å². The third-order valence-corrected chi connectivity index (χ3v) is 5.37. The lowest BCUT2D eigenvalue weighted by Gasteiger charge is -2.46. The Hall–Kier alpha value is -3.13. The lowest BCUT2D eigenvalue weighted by atomic mass is 9.98. The Labute approximate surface area is 166 Å². The van der Waals surface area contributed by atoms with Crippen LogP contribution in [-0.4, -0.2) is 47.4 Å². The normalized spacial score (nSPS) is 20.7. The molecule has 0 radical (unpaired) electrons. The largest absolute Gasteiger partial charge is 0.495 e. The zero-order valence-corrected chi connectivity index (χ0v) is 16.0. The van der Waals surface area contributed by atoms with Crippen LogP contribution < -0.4 is 15.0 Å². The smallest absolute Gasteiger partial charge is 0.276 e. The molecule has 9 heteroatoms. The van der Waals surface area contributed by atoms with Gasteiger partial charge in [0.15, 0.2) is 5.69 Å². The number of likely N-dealkylation sites (N-methyl/N-ethyl adjacent to an activating group) is 1. The predicted octanol–water partition coefficient (Wildman–Crippen LogP) is 2.29. The van der Waals surface area contributed by atoms with Crippen molar-refractivity contribution < 1.29 is 19.1 Å². The topological polar surface area (TPSA) is 91.8 Å². The summed E-state index contributed by atoms with van der Waals surface area (Å²) in [5.41, 5.74) is -0.644. The monoisotopic (exact) mass is 400 g/mol. The maximum Gasteiger partial charge on any atom is 0.276 e. The summed E-state index contributed by atoms with van der Waals surface area (Å²) in [4.78, 5) is 45.8. The van der Waals surface area contributed by atoms with Crippen LogP contribution in [0.15, 0.2) is 36.5 Å². The van der Waals surface area contributed by atoms with Crippen molar-refractivity contribution in [2.75, 3.05) is 24.4 Å². The minimum absolute atomic E-state index is 0.102. The van der Waals surface area contributed by atoms with Crippen LogP contribution in [0.4, 0.5) is 11.4 Å². The number of anilines is 2. The van der Waals surface area contributed by atoms with Crippen LogP contribution in [0, 0.1) is 0 Å². The van der Waals surface area contributed by atoms with Crippen molar-refractivity contribution in [2.24, 2.45) is 0 Å². The van der Waals surface area contributed by atoms with E-state index in [1.165, 1.54) is 30.2 Å². The highest BCUT2D eigenvalue weighted by atomic mass is 35.5. The number of carbonyl (C=O) groups excluding carboxylic acids is 3. The molecule has 144 valence electrons. The van der Waals surface area contributed by atoms with Crippen molar-refractivity contribution >= 4 is 40.7 Å². The lowest BCUT2D eigenvalue weighted by molar-refractivity contribution is -0.128. The highest BCUT2D eigenvalue weighted by Crippen LogP contribution is 2.44. The second-order valence-corrected chi connectivity index (χ2v) is 7.05. The molecule has 1 saturated heterocycles. The first-order valence-corrected chi connectivity index (χ1v) is 8.98. The maximum atomic E-state index is 13.4. The van der Waals surface area contributed by atoms with Gasteiger partial charge in [0.2, 0.25) is 11.6 Å². The van der Waals surface area contributed by atoms with Crippen LogP contribution in [0.5, 0.6) is 5.75 Å². The van der Waals surface area contributed by atoms with Gasteiger partial charge in [-0.15, -0.1) is 0 Å². The number of carbonyl (C=O) groups is 3. The molecule has 1 aromatic carbocycles. The van der Waals surface area contributed by atoms with E-state index < -0.39 is 17.5 Å². The van der Waals surface area contributed by atoms with Crippen LogP contribution in [0.25, 0.3) is 0 Å². The Kier molecular flexibility index (Phi) is 4.23. The van der Waals surface area contributed by atoms with E-state index >= 15 is 0 Å². The number of fused-ring (bicyclic) bond motifs is 3. The Bertz CT molecular complexity index is 1010. The molecule has 1 atom stereocenters. The number of ether oxygens (including phenoxy) is 1. The van der Waals surface area contributed by atoms with E-state index in [0.29, 0.717) is 16.5 Å². The molecule has 0 saturated carbocycles. The van der Waals surface area contributed by atoms with Crippen LogP contribution in [-0.2, 0) is 9.59 Å². The van der Waals surface area contributed by atoms with E-state index in [1.54, 1.807) is 30.3 Å². The van der Waals surface area contributed by atoms with Crippen LogP contribution in [0.1, 0.15) is 23.3 Å². The predicted molar refractivity (Wildman–Crippen MR) is 102 cm³/mol. The average Bonchev–Trinajstić information content (AvgIpc) is 3.04. The van der Waals surface area contributed by atoms with Gasteiger partial charge in [-0.1, -0.05) is 17.7 Å². The second kappa shape index (κ2) is 6.49. The summed E-state index contributed by atoms with van der Waals surface area (Å²) in [5.74, 6) is -0.813. The molecule has 0 bridgehead atoms. The fourth-order valence-corrected chi connectivity index (χ4v) is 3.93. The Morgan fingerprint density at radius 1 is 1.32 bits per heavy atom. The molecule has 2 aromatic rings. The summed E-state index contributed by atoms with van der Waals surface area (Å²) in [5, 5.41) is 3.24. The minimum Gasteiger partial charge on any atom is -0.495 e. The maximum absolute atomic E-state index is 13.4. The van der Waals surface area contributed by atoms with Gasteiger partial charge in [0.1, 0.15) is 5.75 Å². The standard InChI is InChI=1S/C19H17ClN4O4/c1-23-17(26)16-14(9-13(28-2)10-21-16)24-15(25)6-7-19(23,24)18(27)22-12-5-3-4-11(20)8-12/h3-5,8-10H,6-7H2,1-2H3,(H,22,27). The first kappa shape index (κ1) is 18.2. The quantitative estimate of drug-likeness (QED) is 0.853. The molecule has 2 aliphatic rings. The van der Waals surface area contributed by atoms with Gasteiger partial charge < -0.3 is 15.0 Å². The number of nitrogens with one attached hydrogen (secondary N) is 1. The Morgan fingerprint density at radius 3 is 2.82 bits per heavy atom. The van der Waals surface area contributed by atoms with Gasteiger partial charge in [-0.2, -0.15) is 0 Å². The first-order valence-electron chi connectivity index (χ1n) is 8.61. The van der Waals surface area contributed by atoms with Gasteiger partial charge in [-0.25, -0.2) is 4.98 Å². The van der Waals surface area contributed by atoms with E-state index in [-0.39, 0.29) is 30.1 Å². The van der Waals surface area contributed by atoms with E-state index in [9.17, 15) is 14.4 Å². The zero-order valence-electron chi connectivity index (χ0n) is 15.2. The van der Waals surface area contributed by atoms with E-state index in [2.05, 4.69) is 10.3 Å². The number of nitrogens with zero attached hydrogens (tertiary/aromatic N) is 3. The summed E-state index contributed by atoms with van der Waals surface area (Å²) in [6, 6.07) is 8.22. The molecular weight excluding hydrogens is 384 g/mol. The fourth-order valence-electron chi connectivity index (χ4n) is 3.74. The van der Waals surface area contributed by atoms with Crippen LogP contribution in [0.3, 0.4) is 0 Å². The molecule has 2 aliphatic heterocycles. The van der Waals surface area contributed by atoms with Crippen molar-refractivity contribution in [3.8, 4) is 5.75 Å². The molecule has 0 spiro atoms. The number of hydrogen-bond donors (Lipinski definition) is 1. The summed E-state index contributed by atoms with van der Waals surface area (Å²) >= 11 is 6.00. The molecule has 28 heavy (non-hydrogen) atoms. The van der Waals surface area contributed by atoms with Crippen LogP contribution >= 0.6 is 11.6 Å². The van der Waals surface area contributed by atoms with Gasteiger partial charge in [0.25, 0.3) is 11.8 Å². The highest BCUT2D eigenvalue weighted by Gasteiger charge is 2.60. The molecule has 1 unspecified atom stereocenters. The minimum atomic E-state index is -1.49. The molecule has 1 N–H and O–H groups in total. The summed E-state index contributed by atoms with van der Waals surface area (Å²) in [7, 11) is 2.96. The molecule has 3 amide bonds. The van der Waals surface area contributed by atoms with Crippen LogP contribution in [0.2, 0.25) is 5.02 Å². The van der Waals surface area contributed by atoms with Gasteiger partial charge >= 0.3 is 0 Å². The molecule has 1 aromatic heterocycles. The second-order valence-electron chi connectivity index (χ2n) is 6.62. The number of halogens is 1. The SMILES string of the molecule is COc1cnc2c(c1)N1C(=O)CCC1(C(=O)Nc1cccc(Cl)c1)N(C)C2=O. The van der Waals surface area contributed by atoms with Crippen molar-refractivity contribution in [3.05, 3.63) is 47.2 Å². The number of benzene rings is 1. The Morgan fingerprint density at radius 2 is 2.11 bits per heavy atom. The van der Waals surface area contributed by atoms with Crippen molar-refractivity contribution in [1.29, 1.82) is 0 Å². The van der Waals surface area contributed by atoms with Crippen molar-refractivity contribution in [1.82, 2.24) is 9.88 Å². The lowest BCUT2D eigenvalue weighted by Crippen LogP contribution is -2.68. The third kappa shape index (κ3) is 2.52. The molecular formula is C19H17ClN4O4. The van der Waals surface area contributed by atoms with Gasteiger partial charge in [-0.3, -0.25) is 19.3 Å². The van der Waals surface area contributed by atoms with Crippen molar-refractivity contribution in [3.63, 3.8) is 0 Å². The van der Waals surface area contributed by atoms with Gasteiger partial charge in [0.05, 0.1) is 19.0 Å². The number of amides is 3. The first-order chi connectivity index (χ1) is 13.4. The molecule has 3 heterocycles. The highest BCUT2D eigenvalue weighted by molar-refractivity contribution is 6.31. The summed E-state index contributed by atoms with van der Waals surface area (Å²) in [6.07, 6.45) is 1.69. The summed E-state index contributed by atoms with van der Waals surface area (Å²) < 4.78 is 5.19. The fraction of sp³-hybridized carbons (Fsp3) is 0.263. The summed E-state index contributed by atoms with van der Waals surface area (Å²) in [6.45, 7) is 0. The Balaban J connectivity index is 1.83. The average molecular weight is 401 g/mol. The number of pyridine rings is 1. The molecule has 0 aliphatic carbocycles. The zero-order chi connectivity index (χ0) is 20.1. The third-order valence-electron chi connectivity index (χ3n) is 5.13. The molecule has 8 nitrogen and oxygen atoms in total. The van der Waals surface area contributed by atoms with E-state index in [0.717, 1.165) is 0 Å². The number of aromatic nitrogens is 1. The van der Waals surface area contributed by atoms with Gasteiger partial charge in [-0.05, 0) is 18.2 Å². The number of rotatable bonds is 3. The van der Waals surface area contributed by atoms with E-state index in [4.69, 9.17) is 16.3 Å². The number of methoxy groups -OCH3 is 1. The molecule has 1 fully saturated rings. The van der Waals surface area contributed by atoms with Gasteiger partial charge in [0, 0.05) is 36.7 Å². The molecule has 4 rings (SSSR count).